The van der Waals surface area contributed by atoms with Crippen LogP contribution in [-0.4, -0.2) is 5.11 Å². The first-order chi connectivity index (χ1) is 10.3. The van der Waals surface area contributed by atoms with Crippen LogP contribution in [0.5, 0.6) is 0 Å². The van der Waals surface area contributed by atoms with Gasteiger partial charge in [0.05, 0.1) is 6.10 Å². The Morgan fingerprint density at radius 3 is 2.57 bits per heavy atom. The van der Waals surface area contributed by atoms with Gasteiger partial charge >= 0.3 is 0 Å². The lowest BCUT2D eigenvalue weighted by Gasteiger charge is -2.17. The fourth-order valence-corrected chi connectivity index (χ4v) is 4.41. The summed E-state index contributed by atoms with van der Waals surface area (Å²) >= 11 is 0. The molecule has 0 radical (unpaired) electrons. The molecule has 2 aliphatic carbocycles. The third kappa shape index (κ3) is 2.38. The van der Waals surface area contributed by atoms with E-state index in [1.165, 1.54) is 54.0 Å². The highest BCUT2D eigenvalue weighted by Crippen LogP contribution is 2.37. The van der Waals surface area contributed by atoms with Crippen molar-refractivity contribution in [3.63, 3.8) is 0 Å². The first-order valence-corrected chi connectivity index (χ1v) is 8.54. The number of hydrogen-bond donors (Lipinski definition) is 1. The largest absolute Gasteiger partial charge is 0.388 e. The molecule has 1 saturated carbocycles. The van der Waals surface area contributed by atoms with Gasteiger partial charge in [0.15, 0.2) is 0 Å². The van der Waals surface area contributed by atoms with Crippen LogP contribution < -0.4 is 0 Å². The molecule has 1 unspecified atom stereocenters. The van der Waals surface area contributed by atoms with Gasteiger partial charge in [0.2, 0.25) is 0 Å². The fraction of sp³-hybridized carbons (Fsp3) is 0.500. The molecule has 0 amide bonds. The summed E-state index contributed by atoms with van der Waals surface area (Å²) in [5.74, 6) is 0.858. The van der Waals surface area contributed by atoms with Crippen molar-refractivity contribution in [3.8, 4) is 0 Å². The molecule has 0 saturated heterocycles. The molecule has 4 rings (SSSR count). The van der Waals surface area contributed by atoms with Crippen LogP contribution in [0.1, 0.15) is 61.3 Å². The van der Waals surface area contributed by atoms with Gasteiger partial charge in [-0.25, -0.2) is 0 Å². The maximum absolute atomic E-state index is 10.7. The van der Waals surface area contributed by atoms with E-state index in [0.29, 0.717) is 0 Å². The van der Waals surface area contributed by atoms with Crippen molar-refractivity contribution in [2.75, 3.05) is 0 Å². The number of rotatable bonds is 4. The molecular weight excluding hydrogens is 256 g/mol. The Hall–Kier alpha value is -1.34. The molecule has 1 N–H and O–H groups in total. The normalized spacial score (nSPS) is 19.5. The van der Waals surface area contributed by atoms with Gasteiger partial charge in [0, 0.05) is 0 Å². The maximum atomic E-state index is 10.7. The van der Waals surface area contributed by atoms with Crippen LogP contribution in [0.2, 0.25) is 0 Å². The SMILES string of the molecule is OC(CCC1CCCC1)c1ccc2c3c(cccc13)CC2. The van der Waals surface area contributed by atoms with Crippen molar-refractivity contribution >= 4 is 10.8 Å². The van der Waals surface area contributed by atoms with E-state index in [-0.39, 0.29) is 6.10 Å². The van der Waals surface area contributed by atoms with Gasteiger partial charge in [-0.3, -0.25) is 0 Å². The number of aliphatic hydroxyl groups excluding tert-OH is 1. The zero-order chi connectivity index (χ0) is 14.2. The standard InChI is InChI=1S/C20H24O/c21-19(13-8-14-4-1-2-5-14)17-12-11-16-10-9-15-6-3-7-18(17)20(15)16/h3,6-7,11-12,14,19,21H,1-2,4-5,8-10,13H2. The Bertz CT molecular complexity index is 642. The third-order valence-corrected chi connectivity index (χ3v) is 5.59. The second-order valence-electron chi connectivity index (χ2n) is 6.90. The Morgan fingerprint density at radius 1 is 1.00 bits per heavy atom. The van der Waals surface area contributed by atoms with Gasteiger partial charge in [0.25, 0.3) is 0 Å². The molecule has 1 heteroatoms. The third-order valence-electron chi connectivity index (χ3n) is 5.59. The molecule has 2 aromatic carbocycles. The average Bonchev–Trinajstić information content (AvgIpc) is 3.16. The summed E-state index contributed by atoms with van der Waals surface area (Å²) in [5, 5.41) is 13.4. The van der Waals surface area contributed by atoms with Crippen LogP contribution >= 0.6 is 0 Å². The van der Waals surface area contributed by atoms with E-state index >= 15 is 0 Å². The van der Waals surface area contributed by atoms with Crippen LogP contribution in [0.3, 0.4) is 0 Å². The summed E-state index contributed by atoms with van der Waals surface area (Å²) in [6, 6.07) is 11.0. The van der Waals surface area contributed by atoms with E-state index in [9.17, 15) is 5.11 Å². The molecule has 2 aromatic rings. The Balaban J connectivity index is 1.61. The van der Waals surface area contributed by atoms with Crippen LogP contribution in [0, 0.1) is 5.92 Å². The maximum Gasteiger partial charge on any atom is 0.0796 e. The minimum absolute atomic E-state index is 0.296. The molecule has 0 bridgehead atoms. The van der Waals surface area contributed by atoms with E-state index in [0.717, 1.165) is 30.7 Å². The molecule has 0 spiro atoms. The van der Waals surface area contributed by atoms with Gasteiger partial charge in [-0.1, -0.05) is 56.0 Å². The Kier molecular flexibility index (Phi) is 3.46. The van der Waals surface area contributed by atoms with Crippen molar-refractivity contribution in [2.24, 2.45) is 5.92 Å². The summed E-state index contributed by atoms with van der Waals surface area (Å²) in [7, 11) is 0. The van der Waals surface area contributed by atoms with Gasteiger partial charge in [-0.05, 0) is 59.1 Å². The highest BCUT2D eigenvalue weighted by Gasteiger charge is 2.21. The Morgan fingerprint density at radius 2 is 1.76 bits per heavy atom. The van der Waals surface area contributed by atoms with Crippen molar-refractivity contribution in [3.05, 3.63) is 47.0 Å². The zero-order valence-electron chi connectivity index (χ0n) is 12.6. The molecule has 0 aromatic heterocycles. The molecular formula is C20H24O. The number of aliphatic hydroxyl groups is 1. The number of hydrogen-bond acceptors (Lipinski definition) is 1. The molecule has 110 valence electrons. The molecule has 21 heavy (non-hydrogen) atoms. The quantitative estimate of drug-likeness (QED) is 0.840. The first kappa shape index (κ1) is 13.3. The van der Waals surface area contributed by atoms with Crippen molar-refractivity contribution in [1.29, 1.82) is 0 Å². The Labute approximate surface area is 127 Å². The lowest BCUT2D eigenvalue weighted by Crippen LogP contribution is -2.02. The fourth-order valence-electron chi connectivity index (χ4n) is 4.41. The topological polar surface area (TPSA) is 20.2 Å². The minimum atomic E-state index is -0.296. The predicted octanol–water partition coefficient (Wildman–Crippen LogP) is 4.94. The van der Waals surface area contributed by atoms with Crippen molar-refractivity contribution in [1.82, 2.24) is 0 Å². The minimum Gasteiger partial charge on any atom is -0.388 e. The highest BCUT2D eigenvalue weighted by atomic mass is 16.3. The van der Waals surface area contributed by atoms with E-state index in [4.69, 9.17) is 0 Å². The summed E-state index contributed by atoms with van der Waals surface area (Å²) in [5.41, 5.74) is 4.08. The summed E-state index contributed by atoms with van der Waals surface area (Å²) in [4.78, 5) is 0. The van der Waals surface area contributed by atoms with E-state index in [2.05, 4.69) is 30.3 Å². The van der Waals surface area contributed by atoms with Gasteiger partial charge in [-0.2, -0.15) is 0 Å². The zero-order valence-corrected chi connectivity index (χ0v) is 12.6. The predicted molar refractivity (Wildman–Crippen MR) is 87.5 cm³/mol. The number of benzene rings is 2. The van der Waals surface area contributed by atoms with Gasteiger partial charge in [0.1, 0.15) is 0 Å². The van der Waals surface area contributed by atoms with Crippen LogP contribution in [0.25, 0.3) is 10.8 Å². The molecule has 2 aliphatic rings. The van der Waals surface area contributed by atoms with E-state index in [1.54, 1.807) is 0 Å². The van der Waals surface area contributed by atoms with Crippen LogP contribution in [-0.2, 0) is 12.8 Å². The van der Waals surface area contributed by atoms with Gasteiger partial charge < -0.3 is 5.11 Å². The second-order valence-corrected chi connectivity index (χ2v) is 6.90. The molecule has 0 heterocycles. The smallest absolute Gasteiger partial charge is 0.0796 e. The molecule has 1 nitrogen and oxygen atoms in total. The van der Waals surface area contributed by atoms with Crippen molar-refractivity contribution < 1.29 is 5.11 Å². The summed E-state index contributed by atoms with van der Waals surface area (Å²) in [6.07, 6.45) is 9.66. The van der Waals surface area contributed by atoms with Gasteiger partial charge in [-0.15, -0.1) is 0 Å². The summed E-state index contributed by atoms with van der Waals surface area (Å²) in [6.45, 7) is 0. The van der Waals surface area contributed by atoms with Crippen molar-refractivity contribution in [2.45, 2.75) is 57.5 Å². The second kappa shape index (κ2) is 5.46. The van der Waals surface area contributed by atoms with E-state index < -0.39 is 0 Å². The number of aryl methyl sites for hydroxylation is 2. The molecule has 1 atom stereocenters. The highest BCUT2D eigenvalue weighted by molar-refractivity contribution is 5.93. The molecule has 0 aliphatic heterocycles. The monoisotopic (exact) mass is 280 g/mol. The average molecular weight is 280 g/mol. The summed E-state index contributed by atoms with van der Waals surface area (Å²) < 4.78 is 0. The van der Waals surface area contributed by atoms with Crippen LogP contribution in [0.15, 0.2) is 30.3 Å². The lowest BCUT2D eigenvalue weighted by atomic mass is 9.92. The first-order valence-electron chi connectivity index (χ1n) is 8.54. The van der Waals surface area contributed by atoms with Crippen LogP contribution in [0.4, 0.5) is 0 Å². The van der Waals surface area contributed by atoms with E-state index in [1.807, 2.05) is 0 Å². The lowest BCUT2D eigenvalue weighted by molar-refractivity contribution is 0.158. The molecule has 1 fully saturated rings.